The van der Waals surface area contributed by atoms with Gasteiger partial charge in [0.05, 0.1) is 19.2 Å². The third-order valence-electron chi connectivity index (χ3n) is 3.25. The number of amides is 1. The van der Waals surface area contributed by atoms with E-state index < -0.39 is 6.10 Å². The fourth-order valence-corrected chi connectivity index (χ4v) is 2.23. The van der Waals surface area contributed by atoms with E-state index >= 15 is 0 Å². The van der Waals surface area contributed by atoms with Crippen molar-refractivity contribution in [3.8, 4) is 6.07 Å². The fourth-order valence-electron chi connectivity index (χ4n) is 2.23. The molecule has 102 valence electrons. The first kappa shape index (κ1) is 12.5. The highest BCUT2D eigenvalue weighted by Gasteiger charge is 2.26. The third-order valence-corrected chi connectivity index (χ3v) is 3.25. The molecule has 0 bridgehead atoms. The normalized spacial score (nSPS) is 18.9. The maximum absolute atomic E-state index is 12.4. The van der Waals surface area contributed by atoms with Gasteiger partial charge in [0.25, 0.3) is 5.91 Å². The first-order chi connectivity index (χ1) is 9.67. The second-order valence-electron chi connectivity index (χ2n) is 4.65. The van der Waals surface area contributed by atoms with Crippen LogP contribution in [0.5, 0.6) is 0 Å². The predicted molar refractivity (Wildman–Crippen MR) is 71.9 cm³/mol. The summed E-state index contributed by atoms with van der Waals surface area (Å²) in [6.07, 6.45) is -0.576. The second kappa shape index (κ2) is 4.87. The smallest absolute Gasteiger partial charge is 0.289 e. The van der Waals surface area contributed by atoms with E-state index in [-0.39, 0.29) is 18.2 Å². The number of nitriles is 1. The molecule has 1 aromatic carbocycles. The number of hydrogen-bond donors (Lipinski definition) is 1. The van der Waals surface area contributed by atoms with E-state index in [0.717, 1.165) is 5.39 Å². The number of carbonyl (C=O) groups excluding carboxylic acids is 1. The number of fused-ring (bicyclic) bond motifs is 1. The van der Waals surface area contributed by atoms with Gasteiger partial charge in [-0.2, -0.15) is 5.26 Å². The predicted octanol–water partition coefficient (Wildman–Crippen LogP) is 1.38. The fraction of sp³-hybridized carbons (Fsp3) is 0.286. The lowest BCUT2D eigenvalue weighted by molar-refractivity contribution is 0.00221. The lowest BCUT2D eigenvalue weighted by Crippen LogP contribution is -2.45. The molecule has 1 fully saturated rings. The molecule has 0 saturated carbocycles. The van der Waals surface area contributed by atoms with Gasteiger partial charge in [-0.3, -0.25) is 4.79 Å². The Kier molecular flexibility index (Phi) is 3.05. The van der Waals surface area contributed by atoms with Crippen LogP contribution in [0.15, 0.2) is 28.7 Å². The third kappa shape index (κ3) is 2.19. The summed E-state index contributed by atoms with van der Waals surface area (Å²) in [7, 11) is 0. The molecule has 1 amide bonds. The van der Waals surface area contributed by atoms with Crippen molar-refractivity contribution in [2.24, 2.45) is 0 Å². The van der Waals surface area contributed by atoms with Crippen LogP contribution in [0, 0.1) is 11.3 Å². The van der Waals surface area contributed by atoms with E-state index in [0.29, 0.717) is 24.4 Å². The molecule has 6 nitrogen and oxygen atoms in total. The van der Waals surface area contributed by atoms with E-state index in [9.17, 15) is 4.79 Å². The van der Waals surface area contributed by atoms with Gasteiger partial charge in [-0.05, 0) is 24.3 Å². The molecule has 6 heteroatoms. The molecular formula is C14H13N3O3. The number of nitrogens with two attached hydrogens (primary N) is 1. The number of hydrogen-bond acceptors (Lipinski definition) is 5. The Balaban J connectivity index is 1.87. The number of benzene rings is 1. The molecule has 20 heavy (non-hydrogen) atoms. The molecular weight excluding hydrogens is 258 g/mol. The van der Waals surface area contributed by atoms with Crippen LogP contribution >= 0.6 is 0 Å². The average Bonchev–Trinajstić information content (AvgIpc) is 2.89. The van der Waals surface area contributed by atoms with Crippen molar-refractivity contribution < 1.29 is 13.9 Å². The largest absolute Gasteiger partial charge is 0.451 e. The highest BCUT2D eigenvalue weighted by molar-refractivity contribution is 5.96. The van der Waals surface area contributed by atoms with Crippen LogP contribution in [0.25, 0.3) is 11.0 Å². The zero-order chi connectivity index (χ0) is 14.1. The van der Waals surface area contributed by atoms with Crippen LogP contribution in [-0.2, 0) is 4.74 Å². The summed E-state index contributed by atoms with van der Waals surface area (Å²) in [5.74, 6) is 0.0208. The Morgan fingerprint density at radius 2 is 2.30 bits per heavy atom. The Morgan fingerprint density at radius 1 is 1.45 bits per heavy atom. The monoisotopic (exact) mass is 271 g/mol. The highest BCUT2D eigenvalue weighted by Crippen LogP contribution is 2.23. The molecule has 0 aliphatic carbocycles. The van der Waals surface area contributed by atoms with Gasteiger partial charge in [0.2, 0.25) is 0 Å². The minimum absolute atomic E-state index is 0.233. The van der Waals surface area contributed by atoms with Crippen molar-refractivity contribution in [2.45, 2.75) is 6.10 Å². The lowest BCUT2D eigenvalue weighted by atomic mass is 10.2. The van der Waals surface area contributed by atoms with Crippen LogP contribution in [0.1, 0.15) is 10.6 Å². The van der Waals surface area contributed by atoms with Crippen LogP contribution < -0.4 is 5.73 Å². The van der Waals surface area contributed by atoms with Crippen molar-refractivity contribution in [3.63, 3.8) is 0 Å². The molecule has 1 aliphatic heterocycles. The number of furan rings is 1. The van der Waals surface area contributed by atoms with Crippen molar-refractivity contribution in [3.05, 3.63) is 30.0 Å². The van der Waals surface area contributed by atoms with Crippen LogP contribution in [0.3, 0.4) is 0 Å². The van der Waals surface area contributed by atoms with E-state index in [4.69, 9.17) is 20.1 Å². The van der Waals surface area contributed by atoms with Gasteiger partial charge in [0, 0.05) is 17.6 Å². The molecule has 0 spiro atoms. The minimum Gasteiger partial charge on any atom is -0.451 e. The molecule has 0 radical (unpaired) electrons. The van der Waals surface area contributed by atoms with Crippen molar-refractivity contribution in [1.82, 2.24) is 4.90 Å². The molecule has 1 atom stereocenters. The van der Waals surface area contributed by atoms with Gasteiger partial charge in [-0.15, -0.1) is 0 Å². The van der Waals surface area contributed by atoms with Gasteiger partial charge in [0.1, 0.15) is 5.58 Å². The van der Waals surface area contributed by atoms with Gasteiger partial charge >= 0.3 is 0 Å². The zero-order valence-corrected chi connectivity index (χ0v) is 10.7. The zero-order valence-electron chi connectivity index (χ0n) is 10.7. The summed E-state index contributed by atoms with van der Waals surface area (Å²) in [5.41, 5.74) is 6.94. The highest BCUT2D eigenvalue weighted by atomic mass is 16.5. The SMILES string of the molecule is N#CC1CN(C(=O)c2cc3cc(N)ccc3o2)CCO1. The van der Waals surface area contributed by atoms with Gasteiger partial charge in [-0.1, -0.05) is 0 Å². The summed E-state index contributed by atoms with van der Waals surface area (Å²) in [6, 6.07) is 8.90. The summed E-state index contributed by atoms with van der Waals surface area (Å²) < 4.78 is 10.8. The van der Waals surface area contributed by atoms with Crippen molar-refractivity contribution in [2.75, 3.05) is 25.4 Å². The Morgan fingerprint density at radius 3 is 3.10 bits per heavy atom. The first-order valence-corrected chi connectivity index (χ1v) is 6.27. The first-order valence-electron chi connectivity index (χ1n) is 6.27. The summed E-state index contributed by atoms with van der Waals surface area (Å²) in [5, 5.41) is 9.65. The Hall–Kier alpha value is -2.52. The van der Waals surface area contributed by atoms with Crippen LogP contribution in [-0.4, -0.2) is 36.6 Å². The van der Waals surface area contributed by atoms with E-state index in [1.165, 1.54) is 0 Å². The van der Waals surface area contributed by atoms with Crippen molar-refractivity contribution in [1.29, 1.82) is 5.26 Å². The van der Waals surface area contributed by atoms with E-state index in [1.807, 2.05) is 6.07 Å². The van der Waals surface area contributed by atoms with Crippen molar-refractivity contribution >= 4 is 22.6 Å². The molecule has 1 unspecified atom stereocenters. The Labute approximate surface area is 115 Å². The summed E-state index contributed by atoms with van der Waals surface area (Å²) in [6.45, 7) is 1.07. The number of nitrogens with zero attached hydrogens (tertiary/aromatic N) is 2. The van der Waals surface area contributed by atoms with Gasteiger partial charge < -0.3 is 19.8 Å². The lowest BCUT2D eigenvalue weighted by Gasteiger charge is -2.28. The number of carbonyl (C=O) groups is 1. The molecule has 1 aromatic heterocycles. The van der Waals surface area contributed by atoms with Crippen LogP contribution in [0.2, 0.25) is 0 Å². The summed E-state index contributed by atoms with van der Waals surface area (Å²) in [4.78, 5) is 13.9. The van der Waals surface area contributed by atoms with Gasteiger partial charge in [0.15, 0.2) is 11.9 Å². The van der Waals surface area contributed by atoms with Gasteiger partial charge in [-0.25, -0.2) is 0 Å². The number of nitrogen functional groups attached to an aromatic ring is 1. The van der Waals surface area contributed by atoms with E-state index in [1.54, 1.807) is 29.2 Å². The topological polar surface area (TPSA) is 92.5 Å². The molecule has 1 saturated heterocycles. The quantitative estimate of drug-likeness (QED) is 0.791. The maximum Gasteiger partial charge on any atom is 0.289 e. The Bertz CT molecular complexity index is 701. The standard InChI is InChI=1S/C14H13N3O3/c15-7-11-8-17(3-4-19-11)14(18)13-6-9-5-10(16)1-2-12(9)20-13/h1-2,5-6,11H,3-4,8,16H2. The number of ether oxygens (including phenoxy) is 1. The molecule has 3 rings (SSSR count). The molecule has 2 aromatic rings. The number of morpholine rings is 1. The average molecular weight is 271 g/mol. The maximum atomic E-state index is 12.4. The van der Waals surface area contributed by atoms with E-state index in [2.05, 4.69) is 0 Å². The number of anilines is 1. The molecule has 2 N–H and O–H groups in total. The second-order valence-corrected chi connectivity index (χ2v) is 4.65. The number of rotatable bonds is 1. The summed E-state index contributed by atoms with van der Waals surface area (Å²) >= 11 is 0. The molecule has 1 aliphatic rings. The van der Waals surface area contributed by atoms with Crippen LogP contribution in [0.4, 0.5) is 5.69 Å². The minimum atomic E-state index is -0.576. The molecule has 2 heterocycles.